The lowest BCUT2D eigenvalue weighted by atomic mass is 10.0. The van der Waals surface area contributed by atoms with Crippen molar-refractivity contribution in [2.24, 2.45) is 4.99 Å². The highest BCUT2D eigenvalue weighted by Gasteiger charge is 2.40. The van der Waals surface area contributed by atoms with Crippen molar-refractivity contribution < 1.29 is 8.78 Å². The minimum atomic E-state index is -0.198. The molecule has 1 saturated heterocycles. The molecule has 156 valence electrons. The molecule has 1 aliphatic carbocycles. The third-order valence-corrected chi connectivity index (χ3v) is 5.65. The van der Waals surface area contributed by atoms with Crippen LogP contribution in [0.1, 0.15) is 30.7 Å². The van der Waals surface area contributed by atoms with Crippen LogP contribution in [0.2, 0.25) is 0 Å². The van der Waals surface area contributed by atoms with E-state index >= 15 is 0 Å². The maximum atomic E-state index is 13.9. The second-order valence-electron chi connectivity index (χ2n) is 7.57. The Morgan fingerprint density at radius 2 is 1.79 bits per heavy atom. The number of halogens is 3. The van der Waals surface area contributed by atoms with Crippen LogP contribution in [0, 0.1) is 11.6 Å². The van der Waals surface area contributed by atoms with Crippen LogP contribution in [-0.2, 0) is 0 Å². The number of piperidine rings is 1. The van der Waals surface area contributed by atoms with Crippen LogP contribution in [0.25, 0.3) is 0 Å². The lowest BCUT2D eigenvalue weighted by Crippen LogP contribution is -2.49. The Morgan fingerprint density at radius 3 is 2.48 bits per heavy atom. The summed E-state index contributed by atoms with van der Waals surface area (Å²) >= 11 is 0. The summed E-state index contributed by atoms with van der Waals surface area (Å²) < 4.78 is 27.4. The van der Waals surface area contributed by atoms with E-state index in [4.69, 9.17) is 0 Å². The number of benzene rings is 2. The summed E-state index contributed by atoms with van der Waals surface area (Å²) in [4.78, 5) is 6.55. The standard InChI is InChI=1S/C22H26F2N4.HI/c1-25-22(27-21-14-19(21)18-7-2-3-8-20(18)24)26-16-9-11-28(12-10-16)17-6-4-5-15(23)13-17;/h2-8,13,16,19,21H,9-12,14H2,1H3,(H2,25,26,27);1H. The van der Waals surface area contributed by atoms with Gasteiger partial charge in [0.1, 0.15) is 11.6 Å². The molecule has 2 unspecified atom stereocenters. The SMILES string of the molecule is CN=C(NC1CCN(c2cccc(F)c2)CC1)NC1CC1c1ccccc1F.I. The molecule has 1 heterocycles. The fourth-order valence-corrected chi connectivity index (χ4v) is 3.97. The molecular formula is C22H27F2IN4. The van der Waals surface area contributed by atoms with Crippen LogP contribution in [-0.4, -0.2) is 38.2 Å². The lowest BCUT2D eigenvalue weighted by molar-refractivity contribution is 0.460. The Kier molecular flexibility index (Phi) is 7.32. The molecule has 2 aliphatic rings. The van der Waals surface area contributed by atoms with Gasteiger partial charge >= 0.3 is 0 Å². The van der Waals surface area contributed by atoms with Gasteiger partial charge in [-0.25, -0.2) is 8.78 Å². The Balaban J connectivity index is 0.00000240. The second kappa shape index (κ2) is 9.73. The van der Waals surface area contributed by atoms with Crippen molar-refractivity contribution in [1.82, 2.24) is 10.6 Å². The van der Waals surface area contributed by atoms with Crippen molar-refractivity contribution in [2.75, 3.05) is 25.0 Å². The molecule has 2 aromatic rings. The molecule has 0 amide bonds. The highest BCUT2D eigenvalue weighted by molar-refractivity contribution is 14.0. The van der Waals surface area contributed by atoms with Crippen molar-refractivity contribution >= 4 is 35.6 Å². The summed E-state index contributed by atoms with van der Waals surface area (Å²) in [6.45, 7) is 1.75. The summed E-state index contributed by atoms with van der Waals surface area (Å²) in [6.07, 6.45) is 2.83. The molecule has 4 rings (SSSR count). The van der Waals surface area contributed by atoms with Crippen molar-refractivity contribution in [3.63, 3.8) is 0 Å². The number of nitrogens with one attached hydrogen (secondary N) is 2. The summed E-state index contributed by atoms with van der Waals surface area (Å²) in [6, 6.07) is 14.3. The highest BCUT2D eigenvalue weighted by atomic mass is 127. The molecule has 1 saturated carbocycles. The molecule has 7 heteroatoms. The van der Waals surface area contributed by atoms with Gasteiger partial charge in [0, 0.05) is 43.8 Å². The molecule has 0 radical (unpaired) electrons. The van der Waals surface area contributed by atoms with Gasteiger partial charge in [0.25, 0.3) is 0 Å². The van der Waals surface area contributed by atoms with Gasteiger partial charge in [0.05, 0.1) is 0 Å². The molecule has 0 bridgehead atoms. The predicted molar refractivity (Wildman–Crippen MR) is 124 cm³/mol. The van der Waals surface area contributed by atoms with Gasteiger partial charge in [-0.15, -0.1) is 24.0 Å². The first kappa shape index (κ1) is 21.8. The number of guanidine groups is 1. The highest BCUT2D eigenvalue weighted by Crippen LogP contribution is 2.41. The fourth-order valence-electron chi connectivity index (χ4n) is 3.97. The van der Waals surface area contributed by atoms with E-state index in [-0.39, 0.29) is 47.6 Å². The number of aliphatic imine (C=N–C) groups is 1. The maximum Gasteiger partial charge on any atom is 0.191 e. The summed E-state index contributed by atoms with van der Waals surface area (Å²) in [5.41, 5.74) is 1.71. The molecule has 0 spiro atoms. The molecule has 29 heavy (non-hydrogen) atoms. The molecule has 2 atom stereocenters. The van der Waals surface area contributed by atoms with Crippen LogP contribution < -0.4 is 15.5 Å². The first-order chi connectivity index (χ1) is 13.6. The Hall–Kier alpha value is -1.90. The van der Waals surface area contributed by atoms with E-state index in [9.17, 15) is 8.78 Å². The third-order valence-electron chi connectivity index (χ3n) is 5.65. The zero-order valence-electron chi connectivity index (χ0n) is 16.4. The molecule has 1 aliphatic heterocycles. The van der Waals surface area contributed by atoms with E-state index in [1.165, 1.54) is 12.1 Å². The van der Waals surface area contributed by atoms with E-state index in [1.807, 2.05) is 18.2 Å². The first-order valence-electron chi connectivity index (χ1n) is 9.89. The number of nitrogens with zero attached hydrogens (tertiary/aromatic N) is 2. The van der Waals surface area contributed by atoms with Gasteiger partial charge in [-0.1, -0.05) is 24.3 Å². The monoisotopic (exact) mass is 512 g/mol. The topological polar surface area (TPSA) is 39.7 Å². The van der Waals surface area contributed by atoms with E-state index in [1.54, 1.807) is 25.2 Å². The van der Waals surface area contributed by atoms with Crippen molar-refractivity contribution in [1.29, 1.82) is 0 Å². The summed E-state index contributed by atoms with van der Waals surface area (Å²) in [7, 11) is 1.76. The zero-order valence-corrected chi connectivity index (χ0v) is 18.8. The summed E-state index contributed by atoms with van der Waals surface area (Å²) in [5.74, 6) is 0.642. The maximum absolute atomic E-state index is 13.9. The van der Waals surface area contributed by atoms with Crippen molar-refractivity contribution in [3.8, 4) is 0 Å². The van der Waals surface area contributed by atoms with Crippen LogP contribution in [0.5, 0.6) is 0 Å². The van der Waals surface area contributed by atoms with Crippen molar-refractivity contribution in [3.05, 3.63) is 65.7 Å². The quantitative estimate of drug-likeness (QED) is 0.365. The van der Waals surface area contributed by atoms with Gasteiger partial charge < -0.3 is 15.5 Å². The molecular weight excluding hydrogens is 485 g/mol. The normalized spacial score (nSPS) is 22.0. The molecule has 4 nitrogen and oxygen atoms in total. The lowest BCUT2D eigenvalue weighted by Gasteiger charge is -2.34. The van der Waals surface area contributed by atoms with E-state index in [0.29, 0.717) is 6.04 Å². The van der Waals surface area contributed by atoms with Gasteiger partial charge in [-0.3, -0.25) is 4.99 Å². The molecule has 0 aromatic heterocycles. The minimum Gasteiger partial charge on any atom is -0.371 e. The van der Waals surface area contributed by atoms with Crippen molar-refractivity contribution in [2.45, 2.75) is 37.3 Å². The van der Waals surface area contributed by atoms with Gasteiger partial charge in [-0.05, 0) is 49.1 Å². The molecule has 2 fully saturated rings. The van der Waals surface area contributed by atoms with E-state index in [0.717, 1.165) is 49.6 Å². The number of rotatable bonds is 4. The zero-order chi connectivity index (χ0) is 19.5. The third kappa shape index (κ3) is 5.38. The number of hydrogen-bond acceptors (Lipinski definition) is 2. The Labute approximate surface area is 187 Å². The first-order valence-corrected chi connectivity index (χ1v) is 9.89. The fraction of sp³-hybridized carbons (Fsp3) is 0.409. The van der Waals surface area contributed by atoms with Gasteiger partial charge in [0.15, 0.2) is 5.96 Å². The smallest absolute Gasteiger partial charge is 0.191 e. The largest absolute Gasteiger partial charge is 0.371 e. The second-order valence-corrected chi connectivity index (χ2v) is 7.57. The predicted octanol–water partition coefficient (Wildman–Crippen LogP) is 4.27. The average Bonchev–Trinajstić information content (AvgIpc) is 3.47. The number of anilines is 1. The molecule has 2 N–H and O–H groups in total. The van der Waals surface area contributed by atoms with E-state index in [2.05, 4.69) is 20.5 Å². The van der Waals surface area contributed by atoms with Crippen LogP contribution in [0.4, 0.5) is 14.5 Å². The average molecular weight is 512 g/mol. The van der Waals surface area contributed by atoms with Crippen LogP contribution in [0.15, 0.2) is 53.5 Å². The van der Waals surface area contributed by atoms with Crippen LogP contribution in [0.3, 0.4) is 0 Å². The number of hydrogen-bond donors (Lipinski definition) is 2. The van der Waals surface area contributed by atoms with E-state index < -0.39 is 0 Å². The van der Waals surface area contributed by atoms with Gasteiger partial charge in [0.2, 0.25) is 0 Å². The Bertz CT molecular complexity index is 852. The summed E-state index contributed by atoms with van der Waals surface area (Å²) in [5, 5.41) is 6.91. The molecule has 2 aromatic carbocycles. The minimum absolute atomic E-state index is 0. The Morgan fingerprint density at radius 1 is 1.03 bits per heavy atom. The van der Waals surface area contributed by atoms with Crippen LogP contribution >= 0.6 is 24.0 Å². The van der Waals surface area contributed by atoms with Gasteiger partial charge in [-0.2, -0.15) is 0 Å².